The summed E-state index contributed by atoms with van der Waals surface area (Å²) < 4.78 is 21.0. The number of aromatic nitrogens is 2. The van der Waals surface area contributed by atoms with Crippen LogP contribution in [0.15, 0.2) is 24.4 Å². The van der Waals surface area contributed by atoms with Crippen molar-refractivity contribution in [2.45, 2.75) is 25.5 Å². The molecule has 2 unspecified atom stereocenters. The third-order valence-corrected chi connectivity index (χ3v) is 3.73. The molecule has 4 nitrogen and oxygen atoms in total. The van der Waals surface area contributed by atoms with Crippen molar-refractivity contribution in [3.63, 3.8) is 0 Å². The summed E-state index contributed by atoms with van der Waals surface area (Å²) in [6, 6.07) is 4.27. The van der Waals surface area contributed by atoms with E-state index in [2.05, 4.69) is 5.10 Å². The van der Waals surface area contributed by atoms with Crippen LogP contribution in [0.3, 0.4) is 0 Å². The van der Waals surface area contributed by atoms with E-state index < -0.39 is 0 Å². The van der Waals surface area contributed by atoms with E-state index in [0.717, 1.165) is 16.8 Å². The lowest BCUT2D eigenvalue weighted by molar-refractivity contribution is 0.160. The number of halogens is 1. The molecule has 3 rings (SSSR count). The van der Waals surface area contributed by atoms with Crippen molar-refractivity contribution >= 4 is 0 Å². The van der Waals surface area contributed by atoms with Gasteiger partial charge in [-0.1, -0.05) is 0 Å². The Hall–Kier alpha value is -1.88. The van der Waals surface area contributed by atoms with Gasteiger partial charge in [-0.3, -0.25) is 4.68 Å². The van der Waals surface area contributed by atoms with Crippen LogP contribution in [-0.4, -0.2) is 9.78 Å². The first-order chi connectivity index (χ1) is 9.06. The maximum absolute atomic E-state index is 13.2. The molecule has 0 saturated heterocycles. The minimum atomic E-state index is -0.284. The van der Waals surface area contributed by atoms with Gasteiger partial charge >= 0.3 is 0 Å². The van der Waals surface area contributed by atoms with Crippen LogP contribution in [0.5, 0.6) is 5.75 Å². The Balaban J connectivity index is 1.97. The Morgan fingerprint density at radius 3 is 2.89 bits per heavy atom. The van der Waals surface area contributed by atoms with Gasteiger partial charge in [-0.25, -0.2) is 4.39 Å². The maximum Gasteiger partial charge on any atom is 0.129 e. The SMILES string of the molecule is Cc1c(C2CC(N)c3cc(F)ccc3O2)cnn1C. The van der Waals surface area contributed by atoms with Gasteiger partial charge in [-0.15, -0.1) is 0 Å². The van der Waals surface area contributed by atoms with Gasteiger partial charge in [0.15, 0.2) is 0 Å². The summed E-state index contributed by atoms with van der Waals surface area (Å²) in [5.74, 6) is 0.377. The van der Waals surface area contributed by atoms with Crippen LogP contribution in [0.4, 0.5) is 4.39 Å². The molecule has 2 N–H and O–H groups in total. The van der Waals surface area contributed by atoms with Gasteiger partial charge in [0.1, 0.15) is 17.7 Å². The zero-order valence-electron chi connectivity index (χ0n) is 10.9. The number of nitrogens with zero attached hydrogens (tertiary/aromatic N) is 2. The first-order valence-electron chi connectivity index (χ1n) is 6.26. The second kappa shape index (κ2) is 4.35. The summed E-state index contributed by atoms with van der Waals surface area (Å²) in [6.07, 6.45) is 2.31. The summed E-state index contributed by atoms with van der Waals surface area (Å²) in [6.45, 7) is 2.00. The van der Waals surface area contributed by atoms with Gasteiger partial charge in [-0.05, 0) is 25.1 Å². The quantitative estimate of drug-likeness (QED) is 0.857. The van der Waals surface area contributed by atoms with Crippen LogP contribution in [-0.2, 0) is 7.05 Å². The molecule has 0 bridgehead atoms. The molecule has 100 valence electrons. The molecule has 0 spiro atoms. The molecule has 0 fully saturated rings. The van der Waals surface area contributed by atoms with Gasteiger partial charge in [0.2, 0.25) is 0 Å². The third kappa shape index (κ3) is 2.00. The van der Waals surface area contributed by atoms with E-state index in [1.54, 1.807) is 12.3 Å². The largest absolute Gasteiger partial charge is 0.485 e. The van der Waals surface area contributed by atoms with Crippen LogP contribution < -0.4 is 10.5 Å². The second-order valence-electron chi connectivity index (χ2n) is 4.94. The number of benzene rings is 1. The van der Waals surface area contributed by atoms with E-state index in [0.29, 0.717) is 12.2 Å². The number of nitrogens with two attached hydrogens (primary N) is 1. The summed E-state index contributed by atoms with van der Waals surface area (Å²) in [4.78, 5) is 0. The summed E-state index contributed by atoms with van der Waals surface area (Å²) >= 11 is 0. The average molecular weight is 261 g/mol. The fraction of sp³-hybridized carbons (Fsp3) is 0.357. The highest BCUT2D eigenvalue weighted by atomic mass is 19.1. The van der Waals surface area contributed by atoms with Gasteiger partial charge in [0.05, 0.1) is 6.20 Å². The molecule has 1 aromatic carbocycles. The van der Waals surface area contributed by atoms with E-state index in [4.69, 9.17) is 10.5 Å². The summed E-state index contributed by atoms with van der Waals surface area (Å²) in [5.41, 5.74) is 8.95. The summed E-state index contributed by atoms with van der Waals surface area (Å²) in [7, 11) is 1.89. The minimum absolute atomic E-state index is 0.123. The molecule has 5 heteroatoms. The zero-order valence-corrected chi connectivity index (χ0v) is 10.9. The smallest absolute Gasteiger partial charge is 0.129 e. The fourth-order valence-electron chi connectivity index (χ4n) is 2.50. The van der Waals surface area contributed by atoms with Gasteiger partial charge < -0.3 is 10.5 Å². The Bertz CT molecular complexity index is 623. The van der Waals surface area contributed by atoms with Crippen molar-refractivity contribution in [1.82, 2.24) is 9.78 Å². The van der Waals surface area contributed by atoms with E-state index in [9.17, 15) is 4.39 Å². The molecule has 1 aliphatic rings. The van der Waals surface area contributed by atoms with Crippen molar-refractivity contribution in [2.75, 3.05) is 0 Å². The monoisotopic (exact) mass is 261 g/mol. The highest BCUT2D eigenvalue weighted by Crippen LogP contribution is 2.40. The maximum atomic E-state index is 13.2. The van der Waals surface area contributed by atoms with Crippen molar-refractivity contribution in [3.8, 4) is 5.75 Å². The second-order valence-corrected chi connectivity index (χ2v) is 4.94. The molecule has 0 amide bonds. The number of fused-ring (bicyclic) bond motifs is 1. The number of hydrogen-bond donors (Lipinski definition) is 1. The Labute approximate surface area is 111 Å². The van der Waals surface area contributed by atoms with E-state index in [1.165, 1.54) is 12.1 Å². The highest BCUT2D eigenvalue weighted by molar-refractivity contribution is 5.39. The molecule has 2 heterocycles. The molecule has 19 heavy (non-hydrogen) atoms. The molecule has 2 aromatic rings. The normalized spacial score (nSPS) is 21.9. The summed E-state index contributed by atoms with van der Waals surface area (Å²) in [5, 5.41) is 4.22. The number of rotatable bonds is 1. The Morgan fingerprint density at radius 2 is 2.21 bits per heavy atom. The molecular weight excluding hydrogens is 245 g/mol. The standard InChI is InChI=1S/C14H16FN3O/c1-8-11(7-17-18(8)2)14-6-12(16)10-5-9(15)3-4-13(10)19-14/h3-5,7,12,14H,6,16H2,1-2H3. The Kier molecular flexibility index (Phi) is 2.78. The third-order valence-electron chi connectivity index (χ3n) is 3.73. The van der Waals surface area contributed by atoms with E-state index in [-0.39, 0.29) is 18.0 Å². The van der Waals surface area contributed by atoms with Crippen LogP contribution >= 0.6 is 0 Å². The van der Waals surface area contributed by atoms with Crippen LogP contribution in [0.1, 0.15) is 35.4 Å². The lowest BCUT2D eigenvalue weighted by atomic mass is 9.94. The molecule has 1 aromatic heterocycles. The molecule has 2 atom stereocenters. The van der Waals surface area contributed by atoms with Gasteiger partial charge in [-0.2, -0.15) is 5.10 Å². The number of hydrogen-bond acceptors (Lipinski definition) is 3. The Morgan fingerprint density at radius 1 is 1.42 bits per heavy atom. The number of ether oxygens (including phenoxy) is 1. The molecule has 1 aliphatic heterocycles. The lowest BCUT2D eigenvalue weighted by Gasteiger charge is -2.30. The van der Waals surface area contributed by atoms with Gasteiger partial charge in [0.25, 0.3) is 0 Å². The molecule has 0 saturated carbocycles. The lowest BCUT2D eigenvalue weighted by Crippen LogP contribution is -2.24. The first kappa shape index (κ1) is 12.2. The topological polar surface area (TPSA) is 53.1 Å². The fourth-order valence-corrected chi connectivity index (χ4v) is 2.50. The molecule has 0 radical (unpaired) electrons. The highest BCUT2D eigenvalue weighted by Gasteiger charge is 2.29. The van der Waals surface area contributed by atoms with Crippen LogP contribution in [0.25, 0.3) is 0 Å². The predicted molar refractivity (Wildman–Crippen MR) is 69.3 cm³/mol. The van der Waals surface area contributed by atoms with Crippen molar-refractivity contribution < 1.29 is 9.13 Å². The van der Waals surface area contributed by atoms with Gasteiger partial charge in [0, 0.05) is 36.3 Å². The van der Waals surface area contributed by atoms with Crippen LogP contribution in [0.2, 0.25) is 0 Å². The van der Waals surface area contributed by atoms with E-state index >= 15 is 0 Å². The average Bonchev–Trinajstić information content (AvgIpc) is 2.71. The van der Waals surface area contributed by atoms with E-state index in [1.807, 2.05) is 18.7 Å². The van der Waals surface area contributed by atoms with Crippen LogP contribution in [0, 0.1) is 12.7 Å². The van der Waals surface area contributed by atoms with Crippen molar-refractivity contribution in [3.05, 3.63) is 47.0 Å². The number of aryl methyl sites for hydroxylation is 1. The zero-order chi connectivity index (χ0) is 13.6. The van der Waals surface area contributed by atoms with Crippen molar-refractivity contribution in [1.29, 1.82) is 0 Å². The minimum Gasteiger partial charge on any atom is -0.485 e. The molecular formula is C14H16FN3O. The van der Waals surface area contributed by atoms with Crippen molar-refractivity contribution in [2.24, 2.45) is 12.8 Å². The first-order valence-corrected chi connectivity index (χ1v) is 6.26. The predicted octanol–water partition coefficient (Wildman–Crippen LogP) is 2.39. The molecule has 0 aliphatic carbocycles.